The predicted octanol–water partition coefficient (Wildman–Crippen LogP) is 2.31. The van der Waals surface area contributed by atoms with Crippen LogP contribution in [-0.2, 0) is 6.42 Å². The van der Waals surface area contributed by atoms with E-state index in [-0.39, 0.29) is 0 Å². The highest BCUT2D eigenvalue weighted by Gasteiger charge is 2.13. The number of nitrogens with two attached hydrogens (primary N) is 1. The van der Waals surface area contributed by atoms with Crippen molar-refractivity contribution in [2.24, 2.45) is 0 Å². The maximum Gasteiger partial charge on any atom is 0.260 e. The zero-order valence-corrected chi connectivity index (χ0v) is 11.5. The Bertz CT molecular complexity index is 740. The van der Waals surface area contributed by atoms with E-state index in [1.807, 2.05) is 18.2 Å². The summed E-state index contributed by atoms with van der Waals surface area (Å²) < 4.78 is 10.4. The molecule has 0 spiro atoms. The highest BCUT2D eigenvalue weighted by Crippen LogP contribution is 2.28. The number of ether oxygens (including phenoxy) is 1. The molecule has 0 aliphatic rings. The molecule has 0 aliphatic heterocycles. The quantitative estimate of drug-likeness (QED) is 0.739. The highest BCUT2D eigenvalue weighted by atomic mass is 16.5. The number of aromatic nitrogens is 3. The number of methoxy groups -OCH3 is 1. The van der Waals surface area contributed by atoms with Gasteiger partial charge in [-0.1, -0.05) is 11.2 Å². The Labute approximate surface area is 121 Å². The Morgan fingerprint density at radius 1 is 1.24 bits per heavy atom. The lowest BCUT2D eigenvalue weighted by Crippen LogP contribution is -1.94. The Kier molecular flexibility index (Phi) is 3.51. The maximum atomic E-state index is 5.97. The van der Waals surface area contributed by atoms with Gasteiger partial charge in [0.15, 0.2) is 5.82 Å². The molecule has 2 N–H and O–H groups in total. The van der Waals surface area contributed by atoms with Gasteiger partial charge < -0.3 is 15.0 Å². The molecule has 2 heterocycles. The largest absolute Gasteiger partial charge is 0.497 e. The monoisotopic (exact) mass is 282 g/mol. The predicted molar refractivity (Wildman–Crippen MR) is 77.7 cm³/mol. The molecular weight excluding hydrogens is 268 g/mol. The summed E-state index contributed by atoms with van der Waals surface area (Å²) in [6.07, 6.45) is 2.25. The standard InChI is InChI=1S/C15H14N4O2/c1-20-11-5-6-12(13(16)9-11)15-18-14(19-21-15)8-10-4-2-3-7-17-10/h2-7,9H,8,16H2,1H3. The van der Waals surface area contributed by atoms with Gasteiger partial charge >= 0.3 is 0 Å². The molecule has 3 aromatic rings. The molecule has 3 rings (SSSR count). The van der Waals surface area contributed by atoms with E-state index in [0.717, 1.165) is 5.69 Å². The average Bonchev–Trinajstić information content (AvgIpc) is 2.96. The van der Waals surface area contributed by atoms with Gasteiger partial charge in [0, 0.05) is 23.6 Å². The van der Waals surface area contributed by atoms with E-state index in [4.69, 9.17) is 15.0 Å². The Hall–Kier alpha value is -2.89. The first kappa shape index (κ1) is 13.1. The first-order chi connectivity index (χ1) is 10.3. The number of nitrogen functional groups attached to an aromatic ring is 1. The van der Waals surface area contributed by atoms with E-state index in [1.165, 1.54) is 0 Å². The van der Waals surface area contributed by atoms with Crippen LogP contribution in [0.5, 0.6) is 5.75 Å². The Morgan fingerprint density at radius 3 is 2.86 bits per heavy atom. The van der Waals surface area contributed by atoms with Crippen molar-refractivity contribution < 1.29 is 9.26 Å². The van der Waals surface area contributed by atoms with Crippen LogP contribution in [0.3, 0.4) is 0 Å². The van der Waals surface area contributed by atoms with Crippen LogP contribution in [0.15, 0.2) is 47.1 Å². The van der Waals surface area contributed by atoms with Crippen LogP contribution in [0.25, 0.3) is 11.5 Å². The fourth-order valence-electron chi connectivity index (χ4n) is 1.96. The first-order valence-electron chi connectivity index (χ1n) is 6.42. The van der Waals surface area contributed by atoms with Gasteiger partial charge in [-0.2, -0.15) is 4.98 Å². The van der Waals surface area contributed by atoms with Crippen molar-refractivity contribution in [3.8, 4) is 17.2 Å². The number of nitrogens with zero attached hydrogens (tertiary/aromatic N) is 3. The second-order valence-corrected chi connectivity index (χ2v) is 4.47. The van der Waals surface area contributed by atoms with Crippen LogP contribution in [0, 0.1) is 0 Å². The molecule has 106 valence electrons. The lowest BCUT2D eigenvalue weighted by molar-refractivity contribution is 0.414. The summed E-state index contributed by atoms with van der Waals surface area (Å²) in [7, 11) is 1.59. The normalized spacial score (nSPS) is 10.5. The van der Waals surface area contributed by atoms with Gasteiger partial charge in [0.2, 0.25) is 0 Å². The van der Waals surface area contributed by atoms with Gasteiger partial charge in [-0.15, -0.1) is 0 Å². The van der Waals surface area contributed by atoms with E-state index in [9.17, 15) is 0 Å². The van der Waals surface area contributed by atoms with Gasteiger partial charge in [-0.05, 0) is 24.3 Å². The number of rotatable bonds is 4. The zero-order valence-electron chi connectivity index (χ0n) is 11.5. The minimum atomic E-state index is 0.390. The van der Waals surface area contributed by atoms with Crippen LogP contribution in [0.1, 0.15) is 11.5 Å². The molecule has 0 fully saturated rings. The molecule has 0 atom stereocenters. The molecular formula is C15H14N4O2. The molecule has 0 bridgehead atoms. The van der Waals surface area contributed by atoms with E-state index in [1.54, 1.807) is 31.5 Å². The van der Waals surface area contributed by atoms with Crippen LogP contribution in [0.4, 0.5) is 5.69 Å². The Balaban J connectivity index is 1.85. The van der Waals surface area contributed by atoms with Crippen molar-refractivity contribution in [1.82, 2.24) is 15.1 Å². The smallest absolute Gasteiger partial charge is 0.260 e. The molecule has 6 heteroatoms. The third-order valence-electron chi connectivity index (χ3n) is 3.02. The number of pyridine rings is 1. The van der Waals surface area contributed by atoms with Gasteiger partial charge in [-0.25, -0.2) is 0 Å². The van der Waals surface area contributed by atoms with Gasteiger partial charge in [0.25, 0.3) is 5.89 Å². The number of benzene rings is 1. The average molecular weight is 282 g/mol. The molecule has 0 amide bonds. The summed E-state index contributed by atoms with van der Waals surface area (Å²) in [6, 6.07) is 11.0. The first-order valence-corrected chi connectivity index (χ1v) is 6.42. The highest BCUT2D eigenvalue weighted by molar-refractivity contribution is 5.71. The molecule has 0 radical (unpaired) electrons. The van der Waals surface area contributed by atoms with Crippen molar-refractivity contribution >= 4 is 5.69 Å². The lowest BCUT2D eigenvalue weighted by Gasteiger charge is -2.03. The Morgan fingerprint density at radius 2 is 2.14 bits per heavy atom. The summed E-state index contributed by atoms with van der Waals surface area (Å²) in [5.74, 6) is 1.64. The second-order valence-electron chi connectivity index (χ2n) is 4.47. The fourth-order valence-corrected chi connectivity index (χ4v) is 1.96. The van der Waals surface area contributed by atoms with Gasteiger partial charge in [0.05, 0.1) is 19.1 Å². The van der Waals surface area contributed by atoms with Crippen LogP contribution >= 0.6 is 0 Å². The second kappa shape index (κ2) is 5.62. The SMILES string of the molecule is COc1ccc(-c2nc(Cc3ccccn3)no2)c(N)c1. The molecule has 1 aromatic carbocycles. The molecule has 2 aromatic heterocycles. The van der Waals surface area contributed by atoms with Crippen molar-refractivity contribution in [1.29, 1.82) is 0 Å². The van der Waals surface area contributed by atoms with Crippen LogP contribution in [0.2, 0.25) is 0 Å². The van der Waals surface area contributed by atoms with Gasteiger partial charge in [0.1, 0.15) is 5.75 Å². The van der Waals surface area contributed by atoms with E-state index in [0.29, 0.717) is 35.1 Å². The molecule has 6 nitrogen and oxygen atoms in total. The third-order valence-corrected chi connectivity index (χ3v) is 3.02. The van der Waals surface area contributed by atoms with Crippen molar-refractivity contribution in [2.75, 3.05) is 12.8 Å². The molecule has 0 saturated carbocycles. The number of hydrogen-bond acceptors (Lipinski definition) is 6. The minimum absolute atomic E-state index is 0.390. The summed E-state index contributed by atoms with van der Waals surface area (Å²) in [5, 5.41) is 3.96. The topological polar surface area (TPSA) is 87.1 Å². The van der Waals surface area contributed by atoms with Gasteiger partial charge in [-0.3, -0.25) is 4.98 Å². The van der Waals surface area contributed by atoms with E-state index >= 15 is 0 Å². The molecule has 21 heavy (non-hydrogen) atoms. The molecule has 0 saturated heterocycles. The zero-order chi connectivity index (χ0) is 14.7. The van der Waals surface area contributed by atoms with Crippen molar-refractivity contribution in [3.05, 3.63) is 54.1 Å². The van der Waals surface area contributed by atoms with E-state index in [2.05, 4.69) is 15.1 Å². The maximum absolute atomic E-state index is 5.97. The van der Waals surface area contributed by atoms with E-state index < -0.39 is 0 Å². The minimum Gasteiger partial charge on any atom is -0.497 e. The third kappa shape index (κ3) is 2.84. The summed E-state index contributed by atoms with van der Waals surface area (Å²) in [5.41, 5.74) is 8.07. The number of anilines is 1. The number of hydrogen-bond donors (Lipinski definition) is 1. The summed E-state index contributed by atoms with van der Waals surface area (Å²) in [4.78, 5) is 8.59. The lowest BCUT2D eigenvalue weighted by atomic mass is 10.1. The summed E-state index contributed by atoms with van der Waals surface area (Å²) in [6.45, 7) is 0. The van der Waals surface area contributed by atoms with Crippen LogP contribution < -0.4 is 10.5 Å². The fraction of sp³-hybridized carbons (Fsp3) is 0.133. The molecule has 0 aliphatic carbocycles. The van der Waals surface area contributed by atoms with Crippen molar-refractivity contribution in [2.45, 2.75) is 6.42 Å². The molecule has 0 unspecified atom stereocenters. The summed E-state index contributed by atoms with van der Waals surface area (Å²) >= 11 is 0. The van der Waals surface area contributed by atoms with Crippen molar-refractivity contribution in [3.63, 3.8) is 0 Å². The van der Waals surface area contributed by atoms with Crippen LogP contribution in [-0.4, -0.2) is 22.2 Å².